The molecule has 19 heavy (non-hydrogen) atoms. The molecule has 2 N–H and O–H groups in total. The zero-order valence-electron chi connectivity index (χ0n) is 11.4. The normalized spacial score (nSPS) is 26.8. The second-order valence-electron chi connectivity index (χ2n) is 5.48. The second kappa shape index (κ2) is 6.58. The molecule has 1 aliphatic carbocycles. The summed E-state index contributed by atoms with van der Waals surface area (Å²) in [6.07, 6.45) is 3.82. The summed E-state index contributed by atoms with van der Waals surface area (Å²) in [5.41, 5.74) is 0.971. The van der Waals surface area contributed by atoms with Crippen LogP contribution in [0.1, 0.15) is 33.1 Å². The Bertz CT molecular complexity index is 432. The molecule has 2 rings (SSSR count). The molecule has 1 aromatic carbocycles. The lowest BCUT2D eigenvalue weighted by molar-refractivity contribution is 0.225. The summed E-state index contributed by atoms with van der Waals surface area (Å²) in [4.78, 5) is 0. The number of benzene rings is 1. The van der Waals surface area contributed by atoms with Gasteiger partial charge in [0.15, 0.2) is 5.11 Å². The Morgan fingerprint density at radius 1 is 1.21 bits per heavy atom. The van der Waals surface area contributed by atoms with Gasteiger partial charge in [0, 0.05) is 16.8 Å². The minimum Gasteiger partial charge on any atom is -0.359 e. The van der Waals surface area contributed by atoms with Gasteiger partial charge in [-0.1, -0.05) is 38.3 Å². The molecule has 0 saturated heterocycles. The second-order valence-corrected chi connectivity index (χ2v) is 6.32. The average molecular weight is 297 g/mol. The van der Waals surface area contributed by atoms with Crippen molar-refractivity contribution in [1.29, 1.82) is 0 Å². The molecule has 1 saturated carbocycles. The van der Waals surface area contributed by atoms with Crippen molar-refractivity contribution in [2.75, 3.05) is 5.32 Å². The monoisotopic (exact) mass is 296 g/mol. The van der Waals surface area contributed by atoms with Crippen LogP contribution < -0.4 is 10.6 Å². The SMILES string of the molecule is C[C@H]1[C@H](C)CCC[C@@H]1NC(=S)Nc1ccc(Cl)cc1. The van der Waals surface area contributed by atoms with Crippen LogP contribution in [-0.4, -0.2) is 11.2 Å². The number of anilines is 1. The van der Waals surface area contributed by atoms with Crippen LogP contribution in [0.2, 0.25) is 5.02 Å². The van der Waals surface area contributed by atoms with Crippen molar-refractivity contribution in [1.82, 2.24) is 5.32 Å². The minimum absolute atomic E-state index is 0.482. The molecular weight excluding hydrogens is 276 g/mol. The zero-order chi connectivity index (χ0) is 13.8. The fraction of sp³-hybridized carbons (Fsp3) is 0.533. The maximum Gasteiger partial charge on any atom is 0.171 e. The van der Waals surface area contributed by atoms with Crippen molar-refractivity contribution in [3.8, 4) is 0 Å². The van der Waals surface area contributed by atoms with Crippen LogP contribution in [-0.2, 0) is 0 Å². The third kappa shape index (κ3) is 4.08. The van der Waals surface area contributed by atoms with Gasteiger partial charge in [-0.05, 0) is 54.7 Å². The molecule has 4 heteroatoms. The van der Waals surface area contributed by atoms with Gasteiger partial charge in [0.05, 0.1) is 0 Å². The number of rotatable bonds is 2. The molecule has 2 nitrogen and oxygen atoms in total. The van der Waals surface area contributed by atoms with E-state index in [0.29, 0.717) is 17.1 Å². The van der Waals surface area contributed by atoms with Crippen LogP contribution in [0.4, 0.5) is 5.69 Å². The number of halogens is 1. The van der Waals surface area contributed by atoms with E-state index in [1.165, 1.54) is 19.3 Å². The Morgan fingerprint density at radius 3 is 2.58 bits per heavy atom. The summed E-state index contributed by atoms with van der Waals surface area (Å²) in [7, 11) is 0. The highest BCUT2D eigenvalue weighted by molar-refractivity contribution is 7.80. The molecule has 0 amide bonds. The van der Waals surface area contributed by atoms with E-state index in [-0.39, 0.29) is 0 Å². The van der Waals surface area contributed by atoms with Crippen LogP contribution in [0.15, 0.2) is 24.3 Å². The molecule has 104 valence electrons. The highest BCUT2D eigenvalue weighted by Gasteiger charge is 2.27. The van der Waals surface area contributed by atoms with Gasteiger partial charge < -0.3 is 10.6 Å². The number of hydrogen-bond donors (Lipinski definition) is 2. The average Bonchev–Trinajstić information content (AvgIpc) is 2.38. The van der Waals surface area contributed by atoms with E-state index in [1.54, 1.807) is 0 Å². The van der Waals surface area contributed by atoms with E-state index in [4.69, 9.17) is 23.8 Å². The maximum atomic E-state index is 5.86. The van der Waals surface area contributed by atoms with Gasteiger partial charge >= 0.3 is 0 Å². The summed E-state index contributed by atoms with van der Waals surface area (Å²) in [6, 6.07) is 8.07. The van der Waals surface area contributed by atoms with Crippen molar-refractivity contribution in [3.63, 3.8) is 0 Å². The lowest BCUT2D eigenvalue weighted by Gasteiger charge is -2.35. The summed E-state index contributed by atoms with van der Waals surface area (Å²) in [5.74, 6) is 1.43. The third-order valence-electron chi connectivity index (χ3n) is 4.13. The zero-order valence-corrected chi connectivity index (χ0v) is 13.0. The van der Waals surface area contributed by atoms with Gasteiger partial charge in [0.25, 0.3) is 0 Å². The summed E-state index contributed by atoms with van der Waals surface area (Å²) in [6.45, 7) is 4.64. The van der Waals surface area contributed by atoms with E-state index in [0.717, 1.165) is 16.6 Å². The first kappa shape index (κ1) is 14.6. The standard InChI is InChI=1S/C15H21ClN2S/c1-10-4-3-5-14(11(10)2)18-15(19)17-13-8-6-12(16)7-9-13/h6-11,14H,3-5H2,1-2H3,(H2,17,18,19)/t10-,11+,14+/m1/s1. The van der Waals surface area contributed by atoms with Crippen molar-refractivity contribution < 1.29 is 0 Å². The van der Waals surface area contributed by atoms with Gasteiger partial charge in [-0.2, -0.15) is 0 Å². The Kier molecular flexibility index (Phi) is 5.06. The van der Waals surface area contributed by atoms with Crippen LogP contribution in [0.3, 0.4) is 0 Å². The van der Waals surface area contributed by atoms with Crippen LogP contribution in [0, 0.1) is 11.8 Å². The van der Waals surface area contributed by atoms with E-state index < -0.39 is 0 Å². The van der Waals surface area contributed by atoms with E-state index >= 15 is 0 Å². The molecule has 0 aromatic heterocycles. The van der Waals surface area contributed by atoms with Gasteiger partial charge in [0.2, 0.25) is 0 Å². The Hall–Kier alpha value is -0.800. The Balaban J connectivity index is 1.88. The lowest BCUT2D eigenvalue weighted by atomic mass is 9.78. The molecular formula is C15H21ClN2S. The van der Waals surface area contributed by atoms with Crippen molar-refractivity contribution in [3.05, 3.63) is 29.3 Å². The van der Waals surface area contributed by atoms with Crippen molar-refractivity contribution >= 4 is 34.6 Å². The summed E-state index contributed by atoms with van der Waals surface area (Å²) >= 11 is 11.2. The molecule has 3 atom stereocenters. The van der Waals surface area contributed by atoms with Crippen LogP contribution in [0.25, 0.3) is 0 Å². The lowest BCUT2D eigenvalue weighted by Crippen LogP contribution is -2.45. The molecule has 0 radical (unpaired) electrons. The highest BCUT2D eigenvalue weighted by Crippen LogP contribution is 2.29. The quantitative estimate of drug-likeness (QED) is 0.788. The Labute approximate surface area is 125 Å². The highest BCUT2D eigenvalue weighted by atomic mass is 35.5. The van der Waals surface area contributed by atoms with Crippen molar-refractivity contribution in [2.24, 2.45) is 11.8 Å². The molecule has 0 aliphatic heterocycles. The topological polar surface area (TPSA) is 24.1 Å². The van der Waals surface area contributed by atoms with Crippen LogP contribution >= 0.6 is 23.8 Å². The van der Waals surface area contributed by atoms with Gasteiger partial charge in [-0.25, -0.2) is 0 Å². The fourth-order valence-electron chi connectivity index (χ4n) is 2.65. The smallest absolute Gasteiger partial charge is 0.171 e. The number of hydrogen-bond acceptors (Lipinski definition) is 1. The Morgan fingerprint density at radius 2 is 1.89 bits per heavy atom. The third-order valence-corrected chi connectivity index (χ3v) is 4.60. The fourth-order valence-corrected chi connectivity index (χ4v) is 3.05. The van der Waals surface area contributed by atoms with Gasteiger partial charge in [-0.15, -0.1) is 0 Å². The van der Waals surface area contributed by atoms with Gasteiger partial charge in [-0.3, -0.25) is 0 Å². The predicted octanol–water partition coefficient (Wildman–Crippen LogP) is 4.45. The number of nitrogens with one attached hydrogen (secondary N) is 2. The minimum atomic E-state index is 0.482. The first-order valence-corrected chi connectivity index (χ1v) is 7.68. The molecule has 0 unspecified atom stereocenters. The first-order valence-electron chi connectivity index (χ1n) is 6.89. The van der Waals surface area contributed by atoms with E-state index in [2.05, 4.69) is 24.5 Å². The summed E-state index contributed by atoms with van der Waals surface area (Å²) in [5, 5.41) is 8.10. The molecule has 0 spiro atoms. The molecule has 0 bridgehead atoms. The molecule has 1 fully saturated rings. The maximum absolute atomic E-state index is 5.86. The van der Waals surface area contributed by atoms with Crippen molar-refractivity contribution in [2.45, 2.75) is 39.2 Å². The van der Waals surface area contributed by atoms with E-state index in [1.807, 2.05) is 24.3 Å². The predicted molar refractivity (Wildman–Crippen MR) is 86.8 cm³/mol. The largest absolute Gasteiger partial charge is 0.359 e. The van der Waals surface area contributed by atoms with Gasteiger partial charge in [0.1, 0.15) is 0 Å². The molecule has 0 heterocycles. The number of thiocarbonyl (C=S) groups is 1. The molecule has 1 aliphatic rings. The first-order chi connectivity index (χ1) is 9.06. The summed E-state index contributed by atoms with van der Waals surface area (Å²) < 4.78 is 0. The van der Waals surface area contributed by atoms with E-state index in [9.17, 15) is 0 Å². The van der Waals surface area contributed by atoms with Crippen LogP contribution in [0.5, 0.6) is 0 Å². The molecule has 1 aromatic rings.